The van der Waals surface area contributed by atoms with Crippen LogP contribution in [0.3, 0.4) is 0 Å². The summed E-state index contributed by atoms with van der Waals surface area (Å²) in [5.74, 6) is 0. The molecular formula is C8H10N2O. The smallest absolute Gasteiger partial charge is 0.168 e. The average molecular weight is 150 g/mol. The summed E-state index contributed by atoms with van der Waals surface area (Å²) < 4.78 is 0. The Morgan fingerprint density at radius 2 is 2.36 bits per heavy atom. The molecule has 11 heavy (non-hydrogen) atoms. The summed E-state index contributed by atoms with van der Waals surface area (Å²) in [6.07, 6.45) is 0.714. The fourth-order valence-electron chi connectivity index (χ4n) is 0.788. The molecule has 2 N–H and O–H groups in total. The Balaban J connectivity index is 3.00. The van der Waals surface area contributed by atoms with Crippen molar-refractivity contribution in [3.05, 3.63) is 29.6 Å². The molecule has 0 fully saturated rings. The standard InChI is InChI=1S/C8H10N2O/c1-6(9)8-4-2-3-7(5-11)10-8/h2-6H,9H2,1H3. The highest BCUT2D eigenvalue weighted by Crippen LogP contribution is 2.05. The average Bonchev–Trinajstić information content (AvgIpc) is 2.05. The molecule has 1 rings (SSSR count). The van der Waals surface area contributed by atoms with Gasteiger partial charge in [0.1, 0.15) is 5.69 Å². The maximum absolute atomic E-state index is 10.3. The normalized spacial score (nSPS) is 12.5. The Morgan fingerprint density at radius 1 is 1.64 bits per heavy atom. The van der Waals surface area contributed by atoms with E-state index in [4.69, 9.17) is 5.73 Å². The van der Waals surface area contributed by atoms with Gasteiger partial charge in [-0.15, -0.1) is 0 Å². The molecule has 1 unspecified atom stereocenters. The number of carbonyl (C=O) groups is 1. The van der Waals surface area contributed by atoms with Crippen molar-refractivity contribution in [2.75, 3.05) is 0 Å². The summed E-state index contributed by atoms with van der Waals surface area (Å²) in [5, 5.41) is 0. The molecule has 3 heteroatoms. The summed E-state index contributed by atoms with van der Waals surface area (Å²) in [4.78, 5) is 14.3. The Hall–Kier alpha value is -1.22. The number of pyridine rings is 1. The topological polar surface area (TPSA) is 56.0 Å². The minimum Gasteiger partial charge on any atom is -0.323 e. The zero-order valence-electron chi connectivity index (χ0n) is 6.32. The number of aromatic nitrogens is 1. The third-order valence-corrected chi connectivity index (χ3v) is 1.38. The van der Waals surface area contributed by atoms with Gasteiger partial charge in [-0.25, -0.2) is 4.98 Å². The fraction of sp³-hybridized carbons (Fsp3) is 0.250. The lowest BCUT2D eigenvalue weighted by molar-refractivity contribution is 0.111. The third kappa shape index (κ3) is 1.85. The number of aldehydes is 1. The fourth-order valence-corrected chi connectivity index (χ4v) is 0.788. The van der Waals surface area contributed by atoms with Crippen molar-refractivity contribution in [2.24, 2.45) is 5.73 Å². The van der Waals surface area contributed by atoms with Crippen LogP contribution >= 0.6 is 0 Å². The number of carbonyl (C=O) groups excluding carboxylic acids is 1. The molecule has 0 saturated heterocycles. The van der Waals surface area contributed by atoms with Gasteiger partial charge in [0, 0.05) is 6.04 Å². The SMILES string of the molecule is CC(N)c1cccc(C=O)n1. The predicted octanol–water partition coefficient (Wildman–Crippen LogP) is 0.914. The monoisotopic (exact) mass is 150 g/mol. The van der Waals surface area contributed by atoms with Crippen molar-refractivity contribution in [3.8, 4) is 0 Å². The molecule has 0 aromatic carbocycles. The highest BCUT2D eigenvalue weighted by atomic mass is 16.1. The van der Waals surface area contributed by atoms with E-state index in [-0.39, 0.29) is 6.04 Å². The molecule has 1 aromatic rings. The molecule has 0 aliphatic heterocycles. The van der Waals surface area contributed by atoms with Gasteiger partial charge in [0.05, 0.1) is 5.69 Å². The van der Waals surface area contributed by atoms with E-state index in [1.54, 1.807) is 18.2 Å². The minimum absolute atomic E-state index is 0.116. The summed E-state index contributed by atoms with van der Waals surface area (Å²) in [5.41, 5.74) is 6.73. The number of nitrogens with two attached hydrogens (primary N) is 1. The molecule has 0 radical (unpaired) electrons. The van der Waals surface area contributed by atoms with Gasteiger partial charge >= 0.3 is 0 Å². The van der Waals surface area contributed by atoms with E-state index in [0.29, 0.717) is 12.0 Å². The van der Waals surface area contributed by atoms with E-state index in [1.807, 2.05) is 6.92 Å². The van der Waals surface area contributed by atoms with Gasteiger partial charge in [-0.05, 0) is 19.1 Å². The second-order valence-electron chi connectivity index (χ2n) is 2.39. The van der Waals surface area contributed by atoms with Gasteiger partial charge in [-0.2, -0.15) is 0 Å². The van der Waals surface area contributed by atoms with E-state index in [9.17, 15) is 4.79 Å². The van der Waals surface area contributed by atoms with Crippen molar-refractivity contribution in [1.82, 2.24) is 4.98 Å². The second kappa shape index (κ2) is 3.25. The highest BCUT2D eigenvalue weighted by molar-refractivity contribution is 5.71. The van der Waals surface area contributed by atoms with Crippen LogP contribution in [0.15, 0.2) is 18.2 Å². The molecular weight excluding hydrogens is 140 g/mol. The van der Waals surface area contributed by atoms with Gasteiger partial charge in [0.15, 0.2) is 6.29 Å². The molecule has 0 amide bonds. The molecule has 0 aliphatic carbocycles. The van der Waals surface area contributed by atoms with Crippen molar-refractivity contribution in [1.29, 1.82) is 0 Å². The quantitative estimate of drug-likeness (QED) is 0.637. The lowest BCUT2D eigenvalue weighted by atomic mass is 10.2. The number of hydrogen-bond acceptors (Lipinski definition) is 3. The van der Waals surface area contributed by atoms with Crippen LogP contribution in [0.2, 0.25) is 0 Å². The van der Waals surface area contributed by atoms with Gasteiger partial charge in [-0.3, -0.25) is 4.79 Å². The van der Waals surface area contributed by atoms with Gasteiger partial charge < -0.3 is 5.73 Å². The van der Waals surface area contributed by atoms with Crippen molar-refractivity contribution >= 4 is 6.29 Å². The second-order valence-corrected chi connectivity index (χ2v) is 2.39. The minimum atomic E-state index is -0.116. The molecule has 0 spiro atoms. The maximum Gasteiger partial charge on any atom is 0.168 e. The van der Waals surface area contributed by atoms with E-state index < -0.39 is 0 Å². The van der Waals surface area contributed by atoms with Gasteiger partial charge in [0.25, 0.3) is 0 Å². The molecule has 1 heterocycles. The summed E-state index contributed by atoms with van der Waals surface area (Å²) >= 11 is 0. The predicted molar refractivity (Wildman–Crippen MR) is 42.2 cm³/mol. The van der Waals surface area contributed by atoms with E-state index >= 15 is 0 Å². The van der Waals surface area contributed by atoms with Crippen LogP contribution < -0.4 is 5.73 Å². The van der Waals surface area contributed by atoms with Crippen molar-refractivity contribution in [3.63, 3.8) is 0 Å². The van der Waals surface area contributed by atoms with Crippen molar-refractivity contribution < 1.29 is 4.79 Å². The summed E-state index contributed by atoms with van der Waals surface area (Å²) in [6.45, 7) is 1.83. The Bertz CT molecular complexity index is 258. The van der Waals surface area contributed by atoms with Crippen molar-refractivity contribution in [2.45, 2.75) is 13.0 Å². The van der Waals surface area contributed by atoms with Gasteiger partial charge in [0.2, 0.25) is 0 Å². The first-order valence-electron chi connectivity index (χ1n) is 3.41. The molecule has 1 atom stereocenters. The van der Waals surface area contributed by atoms with E-state index in [2.05, 4.69) is 4.98 Å². The third-order valence-electron chi connectivity index (χ3n) is 1.38. The lowest BCUT2D eigenvalue weighted by Gasteiger charge is -2.02. The van der Waals surface area contributed by atoms with Crippen LogP contribution in [0.5, 0.6) is 0 Å². The molecule has 3 nitrogen and oxygen atoms in total. The molecule has 1 aromatic heterocycles. The van der Waals surface area contributed by atoms with Crippen LogP contribution in [-0.2, 0) is 0 Å². The molecule has 0 aliphatic rings. The number of rotatable bonds is 2. The first-order chi connectivity index (χ1) is 5.24. The first kappa shape index (κ1) is 7.88. The lowest BCUT2D eigenvalue weighted by Crippen LogP contribution is -2.07. The Morgan fingerprint density at radius 3 is 2.91 bits per heavy atom. The van der Waals surface area contributed by atoms with Crippen LogP contribution in [0.25, 0.3) is 0 Å². The zero-order valence-corrected chi connectivity index (χ0v) is 6.32. The van der Waals surface area contributed by atoms with Gasteiger partial charge in [-0.1, -0.05) is 6.07 Å². The highest BCUT2D eigenvalue weighted by Gasteiger charge is 2.00. The van der Waals surface area contributed by atoms with E-state index in [1.165, 1.54) is 0 Å². The molecule has 0 bridgehead atoms. The molecule has 0 saturated carbocycles. The van der Waals surface area contributed by atoms with E-state index in [0.717, 1.165) is 5.69 Å². The molecule has 58 valence electrons. The Labute approximate surface area is 65.2 Å². The number of hydrogen-bond donors (Lipinski definition) is 1. The summed E-state index contributed by atoms with van der Waals surface area (Å²) in [6, 6.07) is 5.11. The largest absolute Gasteiger partial charge is 0.323 e. The van der Waals surface area contributed by atoms with Crippen LogP contribution in [0.1, 0.15) is 29.1 Å². The zero-order chi connectivity index (χ0) is 8.27. The maximum atomic E-state index is 10.3. The summed E-state index contributed by atoms with van der Waals surface area (Å²) in [7, 11) is 0. The number of nitrogens with zero attached hydrogens (tertiary/aromatic N) is 1. The first-order valence-corrected chi connectivity index (χ1v) is 3.41. The van der Waals surface area contributed by atoms with Crippen LogP contribution in [0.4, 0.5) is 0 Å². The Kier molecular flexibility index (Phi) is 2.33. The van der Waals surface area contributed by atoms with Crippen LogP contribution in [-0.4, -0.2) is 11.3 Å². The van der Waals surface area contributed by atoms with Crippen LogP contribution in [0, 0.1) is 0 Å².